The van der Waals surface area contributed by atoms with Gasteiger partial charge in [0.15, 0.2) is 0 Å². The summed E-state index contributed by atoms with van der Waals surface area (Å²) in [5.41, 5.74) is 3.04. The number of aromatic amines is 1. The molecule has 0 saturated carbocycles. The van der Waals surface area contributed by atoms with E-state index < -0.39 is 0 Å². The number of nitrogens with zero attached hydrogens (tertiary/aromatic N) is 1. The second-order valence-electron chi connectivity index (χ2n) is 6.27. The molecule has 2 aromatic rings. The van der Waals surface area contributed by atoms with Gasteiger partial charge in [-0.05, 0) is 17.9 Å². The number of nitrogens with one attached hydrogen (secondary N) is 1. The van der Waals surface area contributed by atoms with Crippen molar-refractivity contribution in [2.75, 3.05) is 7.11 Å². The number of methoxy groups -OCH3 is 1. The largest absolute Gasteiger partial charge is 0.373 e. The van der Waals surface area contributed by atoms with Crippen molar-refractivity contribution in [1.82, 2.24) is 9.97 Å². The number of rotatable bonds is 3. The van der Waals surface area contributed by atoms with Gasteiger partial charge in [-0.15, -0.1) is 0 Å². The Bertz CT molecular complexity index is 671. The third kappa shape index (κ3) is 3.39. The van der Waals surface area contributed by atoms with E-state index in [1.165, 1.54) is 0 Å². The quantitative estimate of drug-likeness (QED) is 0.824. The second kappa shape index (κ2) is 6.08. The number of H-pyrrole nitrogens is 1. The van der Waals surface area contributed by atoms with Gasteiger partial charge < -0.3 is 9.72 Å². The van der Waals surface area contributed by atoms with Crippen LogP contribution in [0.3, 0.4) is 0 Å². The van der Waals surface area contributed by atoms with E-state index in [0.717, 1.165) is 22.6 Å². The highest BCUT2D eigenvalue weighted by Gasteiger charge is 2.28. The Kier molecular flexibility index (Phi) is 4.59. The Hall–Kier alpha value is -1.52. The smallest absolute Gasteiger partial charge is 0.137 e. The summed E-state index contributed by atoms with van der Waals surface area (Å²) in [6.45, 7) is 8.38. The Labute approximate surface area is 131 Å². The van der Waals surface area contributed by atoms with Crippen LogP contribution >= 0.6 is 12.2 Å². The zero-order valence-electron chi connectivity index (χ0n) is 13.2. The highest BCUT2D eigenvalue weighted by Crippen LogP contribution is 2.35. The van der Waals surface area contributed by atoms with Crippen molar-refractivity contribution in [2.45, 2.75) is 33.8 Å². The fourth-order valence-corrected chi connectivity index (χ4v) is 2.64. The zero-order chi connectivity index (χ0) is 15.6. The van der Waals surface area contributed by atoms with Crippen LogP contribution in [0.1, 0.15) is 38.3 Å². The Morgan fingerprint density at radius 3 is 2.33 bits per heavy atom. The molecule has 112 valence electrons. The van der Waals surface area contributed by atoms with Gasteiger partial charge in [-0.1, -0.05) is 63.3 Å². The third-order valence-electron chi connectivity index (χ3n) is 3.50. The molecule has 1 aromatic carbocycles. The molecule has 1 N–H and O–H groups in total. The van der Waals surface area contributed by atoms with Crippen LogP contribution in [-0.2, 0) is 4.74 Å². The van der Waals surface area contributed by atoms with E-state index in [1.54, 1.807) is 7.11 Å². The van der Waals surface area contributed by atoms with Crippen LogP contribution in [0.5, 0.6) is 0 Å². The summed E-state index contributed by atoms with van der Waals surface area (Å²) >= 11 is 5.43. The number of hydrogen-bond acceptors (Lipinski definition) is 3. The van der Waals surface area contributed by atoms with E-state index in [2.05, 4.69) is 42.9 Å². The van der Waals surface area contributed by atoms with Gasteiger partial charge in [0.25, 0.3) is 0 Å². The van der Waals surface area contributed by atoms with Gasteiger partial charge in [0, 0.05) is 12.7 Å². The molecule has 1 aromatic heterocycles. The van der Waals surface area contributed by atoms with Crippen molar-refractivity contribution in [2.24, 2.45) is 5.41 Å². The molecule has 0 aliphatic rings. The molecule has 0 spiro atoms. The predicted octanol–water partition coefficient (Wildman–Crippen LogP) is 4.85. The molecule has 0 saturated heterocycles. The van der Waals surface area contributed by atoms with Crippen LogP contribution in [-0.4, -0.2) is 17.1 Å². The summed E-state index contributed by atoms with van der Waals surface area (Å²) in [6.07, 6.45) is -0.137. The number of hydrogen-bond donors (Lipinski definition) is 1. The molecule has 0 aliphatic heterocycles. The van der Waals surface area contributed by atoms with E-state index in [4.69, 9.17) is 17.0 Å². The van der Waals surface area contributed by atoms with E-state index in [1.807, 2.05) is 25.1 Å². The van der Waals surface area contributed by atoms with Gasteiger partial charge in [-0.3, -0.25) is 0 Å². The van der Waals surface area contributed by atoms with Crippen molar-refractivity contribution >= 4 is 12.2 Å². The highest BCUT2D eigenvalue weighted by atomic mass is 32.1. The average Bonchev–Trinajstić information content (AvgIpc) is 2.42. The maximum Gasteiger partial charge on any atom is 0.137 e. The van der Waals surface area contributed by atoms with Crippen LogP contribution in [0, 0.1) is 17.0 Å². The minimum absolute atomic E-state index is 0.0662. The van der Waals surface area contributed by atoms with Crippen molar-refractivity contribution < 1.29 is 4.74 Å². The standard InChI is InChI=1S/C17H22N2OS/c1-11-13(12-9-7-6-8-10-12)18-15(19-16(11)21)14(20-5)17(2,3)4/h6-10,14H,1-5H3,(H,18,19,21). The summed E-state index contributed by atoms with van der Waals surface area (Å²) in [4.78, 5) is 7.96. The molecule has 0 amide bonds. The van der Waals surface area contributed by atoms with Gasteiger partial charge in [0.05, 0.1) is 5.69 Å². The van der Waals surface area contributed by atoms with E-state index >= 15 is 0 Å². The van der Waals surface area contributed by atoms with Crippen LogP contribution < -0.4 is 0 Å². The lowest BCUT2D eigenvalue weighted by Gasteiger charge is -2.29. The summed E-state index contributed by atoms with van der Waals surface area (Å²) < 4.78 is 6.27. The van der Waals surface area contributed by atoms with Crippen LogP contribution in [0.4, 0.5) is 0 Å². The normalized spacial score (nSPS) is 13.2. The summed E-state index contributed by atoms with van der Waals surface area (Å²) in [6, 6.07) is 10.2. The second-order valence-corrected chi connectivity index (χ2v) is 6.66. The Morgan fingerprint density at radius 2 is 1.81 bits per heavy atom. The molecule has 0 fully saturated rings. The minimum atomic E-state index is -0.137. The maximum absolute atomic E-state index is 5.65. The fourth-order valence-electron chi connectivity index (χ4n) is 2.44. The van der Waals surface area contributed by atoms with E-state index in [0.29, 0.717) is 4.64 Å². The first-order chi connectivity index (χ1) is 9.84. The SMILES string of the molecule is COC(c1nc(=S)c(C)c(-c2ccccc2)[nH]1)C(C)(C)C. The van der Waals surface area contributed by atoms with Gasteiger partial charge in [-0.2, -0.15) is 0 Å². The molecule has 21 heavy (non-hydrogen) atoms. The fraction of sp³-hybridized carbons (Fsp3) is 0.412. The maximum atomic E-state index is 5.65. The van der Waals surface area contributed by atoms with Crippen molar-refractivity contribution in [3.05, 3.63) is 46.4 Å². The van der Waals surface area contributed by atoms with Crippen molar-refractivity contribution in [3.8, 4) is 11.3 Å². The van der Waals surface area contributed by atoms with Crippen molar-refractivity contribution in [1.29, 1.82) is 0 Å². The average molecular weight is 302 g/mol. The zero-order valence-corrected chi connectivity index (χ0v) is 14.0. The molecular weight excluding hydrogens is 280 g/mol. The van der Waals surface area contributed by atoms with Crippen LogP contribution in [0.25, 0.3) is 11.3 Å². The number of aromatic nitrogens is 2. The summed E-state index contributed by atoms with van der Waals surface area (Å²) in [5, 5.41) is 0. The third-order valence-corrected chi connectivity index (χ3v) is 3.90. The molecule has 0 bridgehead atoms. The first-order valence-electron chi connectivity index (χ1n) is 7.03. The van der Waals surface area contributed by atoms with Crippen LogP contribution in [0.15, 0.2) is 30.3 Å². The first kappa shape index (κ1) is 15.9. The predicted molar refractivity (Wildman–Crippen MR) is 88.8 cm³/mol. The molecule has 3 nitrogen and oxygen atoms in total. The van der Waals surface area contributed by atoms with Gasteiger partial charge in [-0.25, -0.2) is 4.98 Å². The molecule has 1 unspecified atom stereocenters. The lowest BCUT2D eigenvalue weighted by molar-refractivity contribution is 0.00864. The molecule has 4 heteroatoms. The first-order valence-corrected chi connectivity index (χ1v) is 7.44. The van der Waals surface area contributed by atoms with Crippen molar-refractivity contribution in [3.63, 3.8) is 0 Å². The summed E-state index contributed by atoms with van der Waals surface area (Å²) in [5.74, 6) is 0.777. The van der Waals surface area contributed by atoms with Crippen LogP contribution in [0.2, 0.25) is 0 Å². The Balaban J connectivity index is 2.62. The van der Waals surface area contributed by atoms with E-state index in [-0.39, 0.29) is 11.5 Å². The lowest BCUT2D eigenvalue weighted by atomic mass is 9.88. The summed E-state index contributed by atoms with van der Waals surface area (Å²) in [7, 11) is 1.70. The molecule has 1 heterocycles. The minimum Gasteiger partial charge on any atom is -0.373 e. The highest BCUT2D eigenvalue weighted by molar-refractivity contribution is 7.71. The number of benzene rings is 1. The Morgan fingerprint density at radius 1 is 1.19 bits per heavy atom. The molecule has 2 rings (SSSR count). The molecule has 0 radical (unpaired) electrons. The van der Waals surface area contributed by atoms with Gasteiger partial charge in [0.2, 0.25) is 0 Å². The lowest BCUT2D eigenvalue weighted by Crippen LogP contribution is -2.23. The molecular formula is C17H22N2OS. The topological polar surface area (TPSA) is 37.9 Å². The number of ether oxygens (including phenoxy) is 1. The molecule has 0 aliphatic carbocycles. The monoisotopic (exact) mass is 302 g/mol. The van der Waals surface area contributed by atoms with Gasteiger partial charge >= 0.3 is 0 Å². The molecule has 1 atom stereocenters. The van der Waals surface area contributed by atoms with E-state index in [9.17, 15) is 0 Å². The van der Waals surface area contributed by atoms with Gasteiger partial charge in [0.1, 0.15) is 16.6 Å².